The Balaban J connectivity index is 1.30. The summed E-state index contributed by atoms with van der Waals surface area (Å²) < 4.78 is 12.5. The second kappa shape index (κ2) is 7.63. The lowest BCUT2D eigenvalue weighted by molar-refractivity contribution is -0.124. The van der Waals surface area contributed by atoms with Crippen LogP contribution in [0.5, 0.6) is 11.5 Å². The molecule has 2 aliphatic rings. The fourth-order valence-electron chi connectivity index (χ4n) is 4.28. The molecule has 4 heterocycles. The molecular weight excluding hydrogens is 422 g/mol. The lowest BCUT2D eigenvalue weighted by Gasteiger charge is -2.16. The lowest BCUT2D eigenvalue weighted by atomic mass is 10.1. The van der Waals surface area contributed by atoms with Crippen LogP contribution in [-0.2, 0) is 16.1 Å². The maximum atomic E-state index is 13.4. The summed E-state index contributed by atoms with van der Waals surface area (Å²) in [6.07, 6.45) is 3.39. The molecule has 6 rings (SSSR count). The molecule has 33 heavy (non-hydrogen) atoms. The molecule has 9 nitrogen and oxygen atoms in total. The van der Waals surface area contributed by atoms with Crippen molar-refractivity contribution in [2.75, 3.05) is 17.0 Å². The summed E-state index contributed by atoms with van der Waals surface area (Å²) in [6.45, 7) is 0.489. The maximum Gasteiger partial charge on any atom is 0.253 e. The molecule has 2 aromatic carbocycles. The zero-order valence-corrected chi connectivity index (χ0v) is 17.5. The summed E-state index contributed by atoms with van der Waals surface area (Å²) in [7, 11) is 0. The first-order chi connectivity index (χ1) is 16.2. The van der Waals surface area contributed by atoms with Gasteiger partial charge in [-0.25, -0.2) is 4.98 Å². The molecule has 0 fully saturated rings. The van der Waals surface area contributed by atoms with Crippen molar-refractivity contribution in [2.45, 2.75) is 19.0 Å². The van der Waals surface area contributed by atoms with Gasteiger partial charge in [-0.1, -0.05) is 18.2 Å². The molecule has 0 aliphatic carbocycles. The summed E-state index contributed by atoms with van der Waals surface area (Å²) in [5, 5.41) is 2.87. The number of ether oxygens (including phenoxy) is 2. The quantitative estimate of drug-likeness (QED) is 0.510. The molecule has 2 aliphatic heterocycles. The molecule has 0 bridgehead atoms. The third-order valence-electron chi connectivity index (χ3n) is 5.78. The monoisotopic (exact) mass is 441 g/mol. The molecule has 0 spiro atoms. The minimum absolute atomic E-state index is 0.0236. The Morgan fingerprint density at radius 1 is 1.09 bits per heavy atom. The van der Waals surface area contributed by atoms with Crippen LogP contribution in [0.4, 0.5) is 11.6 Å². The number of imidazole rings is 1. The number of benzene rings is 2. The largest absolute Gasteiger partial charge is 0.454 e. The highest BCUT2D eigenvalue weighted by molar-refractivity contribution is 6.05. The van der Waals surface area contributed by atoms with Crippen LogP contribution in [0.3, 0.4) is 0 Å². The Morgan fingerprint density at radius 2 is 1.97 bits per heavy atom. The van der Waals surface area contributed by atoms with Gasteiger partial charge in [0.15, 0.2) is 11.5 Å². The topological polar surface area (TPSA) is 98.6 Å². The van der Waals surface area contributed by atoms with Crippen molar-refractivity contribution in [1.29, 1.82) is 0 Å². The Morgan fingerprint density at radius 3 is 2.85 bits per heavy atom. The smallest absolute Gasteiger partial charge is 0.253 e. The normalized spacial score (nSPS) is 16.3. The maximum absolute atomic E-state index is 13.4. The molecule has 0 radical (unpaired) electrons. The molecule has 1 atom stereocenters. The van der Waals surface area contributed by atoms with Crippen LogP contribution in [-0.4, -0.2) is 33.1 Å². The molecule has 164 valence electrons. The van der Waals surface area contributed by atoms with Crippen molar-refractivity contribution in [3.05, 3.63) is 72.6 Å². The summed E-state index contributed by atoms with van der Waals surface area (Å²) in [4.78, 5) is 36.8. The van der Waals surface area contributed by atoms with E-state index in [-0.39, 0.29) is 25.0 Å². The Labute approximate surface area is 188 Å². The van der Waals surface area contributed by atoms with Crippen molar-refractivity contribution in [3.8, 4) is 11.5 Å². The van der Waals surface area contributed by atoms with Crippen molar-refractivity contribution in [1.82, 2.24) is 14.5 Å². The third kappa shape index (κ3) is 3.34. The number of nitrogens with zero attached hydrogens (tertiary/aromatic N) is 4. The Bertz CT molecular complexity index is 1380. The summed E-state index contributed by atoms with van der Waals surface area (Å²) in [5.74, 6) is 1.30. The van der Waals surface area contributed by atoms with Crippen molar-refractivity contribution in [3.63, 3.8) is 0 Å². The summed E-state index contributed by atoms with van der Waals surface area (Å²) >= 11 is 0. The number of hydrogen-bond acceptors (Lipinski definition) is 6. The second-order valence-corrected chi connectivity index (χ2v) is 7.89. The molecule has 2 aromatic heterocycles. The van der Waals surface area contributed by atoms with Gasteiger partial charge in [-0.2, -0.15) is 0 Å². The first-order valence-corrected chi connectivity index (χ1v) is 10.5. The van der Waals surface area contributed by atoms with Crippen molar-refractivity contribution in [2.24, 2.45) is 0 Å². The summed E-state index contributed by atoms with van der Waals surface area (Å²) in [6, 6.07) is 15.9. The highest BCUT2D eigenvalue weighted by Crippen LogP contribution is 2.38. The number of para-hydroxylation sites is 2. The molecule has 9 heteroatoms. The van der Waals surface area contributed by atoms with E-state index in [0.717, 1.165) is 16.6 Å². The number of pyridine rings is 1. The Kier molecular flexibility index (Phi) is 4.46. The molecule has 1 N–H and O–H groups in total. The molecular formula is C24H19N5O4. The predicted octanol–water partition coefficient (Wildman–Crippen LogP) is 3.28. The van der Waals surface area contributed by atoms with Crippen molar-refractivity contribution < 1.29 is 19.1 Å². The highest BCUT2D eigenvalue weighted by Gasteiger charge is 2.41. The highest BCUT2D eigenvalue weighted by atomic mass is 16.7. The van der Waals surface area contributed by atoms with E-state index in [1.807, 2.05) is 41.0 Å². The SMILES string of the molecule is O=C(C[C@@H]1C(=O)N(Cc2cccnc2)c2nc3ccccc3n21)Nc1ccc2c(c1)OCO2. The number of aromatic nitrogens is 3. The minimum atomic E-state index is -0.696. The van der Waals surface area contributed by atoms with E-state index in [1.165, 1.54) is 0 Å². The van der Waals surface area contributed by atoms with E-state index in [2.05, 4.69) is 15.3 Å². The van der Waals surface area contributed by atoms with E-state index >= 15 is 0 Å². The van der Waals surface area contributed by atoms with Gasteiger partial charge in [-0.05, 0) is 35.9 Å². The predicted molar refractivity (Wildman–Crippen MR) is 120 cm³/mol. The summed E-state index contributed by atoms with van der Waals surface area (Å²) in [5.41, 5.74) is 3.06. The number of hydrogen-bond donors (Lipinski definition) is 1. The minimum Gasteiger partial charge on any atom is -0.454 e. The van der Waals surface area contributed by atoms with Gasteiger partial charge in [0, 0.05) is 24.1 Å². The van der Waals surface area contributed by atoms with E-state index < -0.39 is 6.04 Å². The van der Waals surface area contributed by atoms with Crippen LogP contribution >= 0.6 is 0 Å². The van der Waals surface area contributed by atoms with E-state index in [9.17, 15) is 9.59 Å². The van der Waals surface area contributed by atoms with E-state index in [1.54, 1.807) is 35.5 Å². The van der Waals surface area contributed by atoms with Gasteiger partial charge in [0.2, 0.25) is 18.6 Å². The Hall–Kier alpha value is -4.40. The van der Waals surface area contributed by atoms with Crippen LogP contribution in [0.1, 0.15) is 18.0 Å². The first-order valence-electron chi connectivity index (χ1n) is 10.5. The molecule has 2 amide bonds. The second-order valence-electron chi connectivity index (χ2n) is 7.89. The number of carbonyl (C=O) groups is 2. The fourth-order valence-corrected chi connectivity index (χ4v) is 4.28. The number of anilines is 2. The van der Waals surface area contributed by atoms with Gasteiger partial charge in [0.1, 0.15) is 6.04 Å². The van der Waals surface area contributed by atoms with Crippen LogP contribution in [0.15, 0.2) is 67.0 Å². The van der Waals surface area contributed by atoms with Crippen LogP contribution in [0.25, 0.3) is 11.0 Å². The fraction of sp³-hybridized carbons (Fsp3) is 0.167. The van der Waals surface area contributed by atoms with Gasteiger partial charge in [0.25, 0.3) is 5.91 Å². The average Bonchev–Trinajstić information content (AvgIpc) is 3.51. The average molecular weight is 441 g/mol. The van der Waals surface area contributed by atoms with Gasteiger partial charge in [0.05, 0.1) is 24.0 Å². The molecule has 0 saturated carbocycles. The lowest BCUT2D eigenvalue weighted by Crippen LogP contribution is -2.31. The molecule has 0 unspecified atom stereocenters. The van der Waals surface area contributed by atoms with Crippen LogP contribution in [0.2, 0.25) is 0 Å². The zero-order chi connectivity index (χ0) is 22.4. The molecule has 4 aromatic rings. The van der Waals surface area contributed by atoms with E-state index in [4.69, 9.17) is 9.47 Å². The standard InChI is InChI=1S/C24H19N5O4/c30-22(26-16-7-8-20-21(10-16)33-14-32-20)11-19-23(31)28(13-15-4-3-9-25-12-15)24-27-17-5-1-2-6-18(17)29(19)24/h1-10,12,19H,11,13-14H2,(H,26,30)/t19-/m1/s1. The van der Waals surface area contributed by atoms with Crippen LogP contribution < -0.4 is 19.7 Å². The van der Waals surface area contributed by atoms with E-state index in [0.29, 0.717) is 29.7 Å². The van der Waals surface area contributed by atoms with Gasteiger partial charge >= 0.3 is 0 Å². The number of rotatable bonds is 5. The first kappa shape index (κ1) is 19.3. The zero-order valence-electron chi connectivity index (χ0n) is 17.5. The number of fused-ring (bicyclic) bond motifs is 4. The van der Waals surface area contributed by atoms with Gasteiger partial charge in [-0.3, -0.25) is 24.0 Å². The molecule has 0 saturated heterocycles. The van der Waals surface area contributed by atoms with Gasteiger partial charge < -0.3 is 14.8 Å². The van der Waals surface area contributed by atoms with Gasteiger partial charge in [-0.15, -0.1) is 0 Å². The third-order valence-corrected chi connectivity index (χ3v) is 5.78. The number of carbonyl (C=O) groups excluding carboxylic acids is 2. The number of nitrogens with one attached hydrogen (secondary N) is 1. The van der Waals surface area contributed by atoms with Crippen LogP contribution in [0, 0.1) is 0 Å². The number of amides is 2. The van der Waals surface area contributed by atoms with Crippen molar-refractivity contribution >= 4 is 34.5 Å².